The molecule has 1 saturated carbocycles. The van der Waals surface area contributed by atoms with Crippen LogP contribution >= 0.6 is 0 Å². The fourth-order valence-corrected chi connectivity index (χ4v) is 2.82. The van der Waals surface area contributed by atoms with E-state index in [4.69, 9.17) is 5.73 Å². The molecule has 1 aliphatic heterocycles. The molecule has 0 aromatic rings. The molecule has 0 aromatic carbocycles. The van der Waals surface area contributed by atoms with E-state index >= 15 is 0 Å². The molecular formula is C12H24N2. The lowest BCUT2D eigenvalue weighted by Gasteiger charge is -2.44. The highest BCUT2D eigenvalue weighted by molar-refractivity contribution is 4.89. The van der Waals surface area contributed by atoms with Crippen LogP contribution in [0.5, 0.6) is 0 Å². The van der Waals surface area contributed by atoms with Crippen molar-refractivity contribution in [2.45, 2.75) is 39.0 Å². The van der Waals surface area contributed by atoms with Gasteiger partial charge in [-0.1, -0.05) is 19.8 Å². The molecule has 2 aliphatic rings. The van der Waals surface area contributed by atoms with Crippen LogP contribution in [0.15, 0.2) is 0 Å². The Bertz CT molecular complexity index is 179. The Hall–Kier alpha value is -0.0800. The average Bonchev–Trinajstić information content (AvgIpc) is 2.15. The summed E-state index contributed by atoms with van der Waals surface area (Å²) in [6, 6.07) is 0. The second kappa shape index (κ2) is 4.19. The zero-order valence-corrected chi connectivity index (χ0v) is 9.47. The van der Waals surface area contributed by atoms with Gasteiger partial charge in [0.15, 0.2) is 0 Å². The van der Waals surface area contributed by atoms with Crippen LogP contribution in [0.2, 0.25) is 0 Å². The molecule has 2 fully saturated rings. The first kappa shape index (κ1) is 10.4. The summed E-state index contributed by atoms with van der Waals surface area (Å²) in [6.07, 6.45) is 6.91. The maximum Gasteiger partial charge on any atom is 0.00501 e. The fourth-order valence-electron chi connectivity index (χ4n) is 2.82. The number of hydrogen-bond acceptors (Lipinski definition) is 2. The van der Waals surface area contributed by atoms with Crippen molar-refractivity contribution < 1.29 is 0 Å². The topological polar surface area (TPSA) is 29.3 Å². The van der Waals surface area contributed by atoms with E-state index in [1.54, 1.807) is 0 Å². The summed E-state index contributed by atoms with van der Waals surface area (Å²) in [6.45, 7) is 7.19. The summed E-state index contributed by atoms with van der Waals surface area (Å²) in [7, 11) is 0. The molecular weight excluding hydrogens is 172 g/mol. The monoisotopic (exact) mass is 196 g/mol. The highest BCUT2D eigenvalue weighted by Gasteiger charge is 2.35. The highest BCUT2D eigenvalue weighted by atomic mass is 15.2. The minimum Gasteiger partial charge on any atom is -0.330 e. The maximum absolute atomic E-state index is 5.98. The number of nitrogens with zero attached hydrogens (tertiary/aromatic N) is 1. The van der Waals surface area contributed by atoms with Gasteiger partial charge in [0.2, 0.25) is 0 Å². The first-order valence-corrected chi connectivity index (χ1v) is 6.16. The predicted octanol–water partition coefficient (Wildman–Crippen LogP) is 1.85. The van der Waals surface area contributed by atoms with Crippen LogP contribution in [0.25, 0.3) is 0 Å². The number of nitrogens with two attached hydrogens (primary N) is 1. The quantitative estimate of drug-likeness (QED) is 0.746. The molecule has 1 aliphatic carbocycles. The summed E-state index contributed by atoms with van der Waals surface area (Å²) >= 11 is 0. The number of hydrogen-bond donors (Lipinski definition) is 1. The average molecular weight is 196 g/mol. The Kier molecular flexibility index (Phi) is 3.13. The van der Waals surface area contributed by atoms with E-state index in [1.807, 2.05) is 0 Å². The van der Waals surface area contributed by atoms with Gasteiger partial charge in [-0.15, -0.1) is 0 Å². The number of rotatable bonds is 3. The standard InChI is InChI=1S/C12H24N2/c1-11-3-5-12(9-13,6-4-11)10-14-7-2-8-14/h11H,2-10,13H2,1H3. The lowest BCUT2D eigenvalue weighted by Crippen LogP contribution is -2.49. The molecule has 0 atom stereocenters. The van der Waals surface area contributed by atoms with Gasteiger partial charge in [0.25, 0.3) is 0 Å². The Balaban J connectivity index is 1.88. The Labute approximate surface area is 87.8 Å². The van der Waals surface area contributed by atoms with Gasteiger partial charge in [-0.25, -0.2) is 0 Å². The minimum atomic E-state index is 0.479. The summed E-state index contributed by atoms with van der Waals surface area (Å²) in [5, 5.41) is 0. The molecule has 0 aromatic heterocycles. The molecule has 0 radical (unpaired) electrons. The second-order valence-electron chi connectivity index (χ2n) is 5.52. The first-order valence-electron chi connectivity index (χ1n) is 6.16. The van der Waals surface area contributed by atoms with Crippen molar-refractivity contribution in [1.29, 1.82) is 0 Å². The van der Waals surface area contributed by atoms with Crippen molar-refractivity contribution in [3.8, 4) is 0 Å². The van der Waals surface area contributed by atoms with Crippen LogP contribution in [0, 0.1) is 11.3 Å². The van der Waals surface area contributed by atoms with E-state index in [9.17, 15) is 0 Å². The van der Waals surface area contributed by atoms with Crippen molar-refractivity contribution in [1.82, 2.24) is 4.90 Å². The maximum atomic E-state index is 5.98. The molecule has 2 rings (SSSR count). The molecule has 1 heterocycles. The Morgan fingerprint density at radius 1 is 1.29 bits per heavy atom. The molecule has 0 bridgehead atoms. The SMILES string of the molecule is CC1CCC(CN)(CN2CCC2)CC1. The third kappa shape index (κ3) is 2.12. The lowest BCUT2D eigenvalue weighted by atomic mass is 9.70. The zero-order chi connectivity index (χ0) is 10.0. The molecule has 0 amide bonds. The van der Waals surface area contributed by atoms with Crippen LogP contribution in [0.3, 0.4) is 0 Å². The zero-order valence-electron chi connectivity index (χ0n) is 9.47. The van der Waals surface area contributed by atoms with Crippen molar-refractivity contribution in [3.63, 3.8) is 0 Å². The molecule has 0 spiro atoms. The predicted molar refractivity (Wildman–Crippen MR) is 60.2 cm³/mol. The fraction of sp³-hybridized carbons (Fsp3) is 1.00. The second-order valence-corrected chi connectivity index (χ2v) is 5.52. The van der Waals surface area contributed by atoms with Gasteiger partial charge in [-0.2, -0.15) is 0 Å². The Morgan fingerprint density at radius 2 is 1.93 bits per heavy atom. The van der Waals surface area contributed by atoms with Crippen molar-refractivity contribution >= 4 is 0 Å². The Morgan fingerprint density at radius 3 is 2.36 bits per heavy atom. The van der Waals surface area contributed by atoms with Crippen molar-refractivity contribution in [3.05, 3.63) is 0 Å². The van der Waals surface area contributed by atoms with Gasteiger partial charge in [0, 0.05) is 6.54 Å². The molecule has 14 heavy (non-hydrogen) atoms. The van der Waals surface area contributed by atoms with Crippen LogP contribution in [0.1, 0.15) is 39.0 Å². The largest absolute Gasteiger partial charge is 0.330 e. The highest BCUT2D eigenvalue weighted by Crippen LogP contribution is 2.39. The third-order valence-electron chi connectivity index (χ3n) is 4.28. The van der Waals surface area contributed by atoms with Crippen LogP contribution in [0.4, 0.5) is 0 Å². The van der Waals surface area contributed by atoms with Gasteiger partial charge in [0.1, 0.15) is 0 Å². The summed E-state index contributed by atoms with van der Waals surface area (Å²) in [4.78, 5) is 2.59. The van der Waals surface area contributed by atoms with Gasteiger partial charge in [-0.3, -0.25) is 0 Å². The van der Waals surface area contributed by atoms with E-state index in [1.165, 1.54) is 51.7 Å². The van der Waals surface area contributed by atoms with Gasteiger partial charge < -0.3 is 10.6 Å². The molecule has 2 heteroatoms. The summed E-state index contributed by atoms with van der Waals surface area (Å²) in [5.74, 6) is 0.936. The molecule has 82 valence electrons. The van der Waals surface area contributed by atoms with E-state index in [0.29, 0.717) is 5.41 Å². The molecule has 2 nitrogen and oxygen atoms in total. The van der Waals surface area contributed by atoms with E-state index in [0.717, 1.165) is 12.5 Å². The summed E-state index contributed by atoms with van der Waals surface area (Å²) < 4.78 is 0. The first-order chi connectivity index (χ1) is 6.74. The van der Waals surface area contributed by atoms with Gasteiger partial charge in [-0.05, 0) is 50.2 Å². The smallest absolute Gasteiger partial charge is 0.00501 e. The normalized spacial score (nSPS) is 39.4. The minimum absolute atomic E-state index is 0.479. The third-order valence-corrected chi connectivity index (χ3v) is 4.28. The van der Waals surface area contributed by atoms with E-state index in [-0.39, 0.29) is 0 Å². The molecule has 2 N–H and O–H groups in total. The van der Waals surface area contributed by atoms with E-state index < -0.39 is 0 Å². The van der Waals surface area contributed by atoms with Crippen molar-refractivity contribution in [2.24, 2.45) is 17.1 Å². The van der Waals surface area contributed by atoms with Crippen LogP contribution in [-0.4, -0.2) is 31.1 Å². The number of likely N-dealkylation sites (tertiary alicyclic amines) is 1. The summed E-state index contributed by atoms with van der Waals surface area (Å²) in [5.41, 5.74) is 6.46. The van der Waals surface area contributed by atoms with Crippen LogP contribution in [-0.2, 0) is 0 Å². The molecule has 0 unspecified atom stereocenters. The van der Waals surface area contributed by atoms with Gasteiger partial charge >= 0.3 is 0 Å². The lowest BCUT2D eigenvalue weighted by molar-refractivity contribution is 0.0616. The van der Waals surface area contributed by atoms with E-state index in [2.05, 4.69) is 11.8 Å². The van der Waals surface area contributed by atoms with Crippen molar-refractivity contribution in [2.75, 3.05) is 26.2 Å². The van der Waals surface area contributed by atoms with Crippen LogP contribution < -0.4 is 5.73 Å². The molecule has 1 saturated heterocycles. The van der Waals surface area contributed by atoms with Gasteiger partial charge in [0.05, 0.1) is 0 Å².